The van der Waals surface area contributed by atoms with E-state index in [0.717, 1.165) is 29.1 Å². The number of thioether (sulfide) groups is 1. The van der Waals surface area contributed by atoms with Gasteiger partial charge in [0.1, 0.15) is 11.9 Å². The highest BCUT2D eigenvalue weighted by Gasteiger charge is 2.26. The van der Waals surface area contributed by atoms with Crippen LogP contribution in [0, 0.1) is 0 Å². The molecule has 1 N–H and O–H groups in total. The number of aromatic nitrogens is 1. The molecule has 1 aliphatic heterocycles. The van der Waals surface area contributed by atoms with Crippen molar-refractivity contribution in [1.29, 1.82) is 0 Å². The molecule has 0 saturated heterocycles. The van der Waals surface area contributed by atoms with Crippen molar-refractivity contribution in [2.75, 3.05) is 5.75 Å². The predicted octanol–water partition coefficient (Wildman–Crippen LogP) is 3.57. The number of nitrogens with one attached hydrogen (secondary N) is 1. The number of para-hydroxylation sites is 1. The second kappa shape index (κ2) is 7.99. The highest BCUT2D eigenvalue weighted by Crippen LogP contribution is 2.35. The Morgan fingerprint density at radius 1 is 1.23 bits per heavy atom. The van der Waals surface area contributed by atoms with Gasteiger partial charge in [-0.05, 0) is 43.9 Å². The minimum Gasteiger partial charge on any atom is -0.479 e. The smallest absolute Gasteiger partial charge is 0.262 e. The summed E-state index contributed by atoms with van der Waals surface area (Å²) in [6.45, 7) is 0.390. The lowest BCUT2D eigenvalue weighted by molar-refractivity contribution is -0.127. The Morgan fingerprint density at radius 2 is 2.08 bits per heavy atom. The van der Waals surface area contributed by atoms with E-state index in [2.05, 4.69) is 10.3 Å². The quantitative estimate of drug-likeness (QED) is 0.872. The number of hydrogen-bond donors (Lipinski definition) is 1. The van der Waals surface area contributed by atoms with Crippen molar-refractivity contribution >= 4 is 17.7 Å². The first-order valence-corrected chi connectivity index (χ1v) is 10.0. The summed E-state index contributed by atoms with van der Waals surface area (Å²) in [6, 6.07) is 11.6. The average molecular weight is 370 g/mol. The van der Waals surface area contributed by atoms with E-state index in [1.165, 1.54) is 12.8 Å². The van der Waals surface area contributed by atoms with E-state index < -0.39 is 6.10 Å². The number of nitrogens with zero attached hydrogens (tertiary/aromatic N) is 1. The molecule has 1 fully saturated rings. The molecule has 1 aromatic heterocycles. The van der Waals surface area contributed by atoms with E-state index in [0.29, 0.717) is 18.2 Å². The van der Waals surface area contributed by atoms with Crippen LogP contribution >= 0.6 is 11.8 Å². The van der Waals surface area contributed by atoms with Crippen molar-refractivity contribution in [2.24, 2.45) is 0 Å². The van der Waals surface area contributed by atoms with Gasteiger partial charge in [-0.25, -0.2) is 4.98 Å². The highest BCUT2D eigenvalue weighted by atomic mass is 32.2. The van der Waals surface area contributed by atoms with Crippen molar-refractivity contribution in [3.63, 3.8) is 0 Å². The van der Waals surface area contributed by atoms with Crippen LogP contribution in [0.3, 0.4) is 0 Å². The minimum atomic E-state index is -0.481. The van der Waals surface area contributed by atoms with Gasteiger partial charge < -0.3 is 14.8 Å². The summed E-state index contributed by atoms with van der Waals surface area (Å²) in [5.41, 5.74) is 0.900. The van der Waals surface area contributed by atoms with Gasteiger partial charge in [0.05, 0.1) is 0 Å². The normalized spacial score (nSPS) is 19.5. The van der Waals surface area contributed by atoms with Crippen LogP contribution in [0.4, 0.5) is 0 Å². The van der Waals surface area contributed by atoms with E-state index in [1.54, 1.807) is 18.0 Å². The van der Waals surface area contributed by atoms with Gasteiger partial charge in [0, 0.05) is 29.0 Å². The predicted molar refractivity (Wildman–Crippen MR) is 101 cm³/mol. The highest BCUT2D eigenvalue weighted by molar-refractivity contribution is 7.99. The monoisotopic (exact) mass is 370 g/mol. The minimum absolute atomic E-state index is 0.109. The summed E-state index contributed by atoms with van der Waals surface area (Å²) >= 11 is 1.65. The summed E-state index contributed by atoms with van der Waals surface area (Å²) in [5.74, 6) is 1.91. The zero-order chi connectivity index (χ0) is 17.8. The Labute approximate surface area is 157 Å². The van der Waals surface area contributed by atoms with Crippen molar-refractivity contribution < 1.29 is 14.3 Å². The lowest BCUT2D eigenvalue weighted by Gasteiger charge is -2.24. The molecule has 2 heterocycles. The third-order valence-corrected chi connectivity index (χ3v) is 5.80. The Balaban J connectivity index is 1.36. The third kappa shape index (κ3) is 3.96. The molecular formula is C20H22N2O3S. The number of rotatable bonds is 5. The van der Waals surface area contributed by atoms with Crippen molar-refractivity contribution in [1.82, 2.24) is 10.3 Å². The molecule has 26 heavy (non-hydrogen) atoms. The molecule has 1 atom stereocenters. The van der Waals surface area contributed by atoms with Crippen LogP contribution in [0.1, 0.15) is 31.2 Å². The van der Waals surface area contributed by atoms with Crippen molar-refractivity contribution in [3.8, 4) is 11.6 Å². The fraction of sp³-hybridized carbons (Fsp3) is 0.400. The zero-order valence-electron chi connectivity index (χ0n) is 14.5. The first-order valence-electron chi connectivity index (χ1n) is 9.06. The van der Waals surface area contributed by atoms with E-state index in [1.807, 2.05) is 36.4 Å². The van der Waals surface area contributed by atoms with Gasteiger partial charge in [0.15, 0.2) is 6.10 Å². The fourth-order valence-corrected chi connectivity index (χ4v) is 4.26. The zero-order valence-corrected chi connectivity index (χ0v) is 15.3. The van der Waals surface area contributed by atoms with Gasteiger partial charge in [-0.2, -0.15) is 0 Å². The molecule has 5 nitrogen and oxygen atoms in total. The SMILES string of the molecule is O=C(NCc1cccnc1OC1CCCC1)[C@H]1CSc2ccccc2O1. The summed E-state index contributed by atoms with van der Waals surface area (Å²) in [5, 5.41) is 2.97. The van der Waals surface area contributed by atoms with Crippen LogP contribution < -0.4 is 14.8 Å². The fourth-order valence-electron chi connectivity index (χ4n) is 3.27. The van der Waals surface area contributed by atoms with Gasteiger partial charge >= 0.3 is 0 Å². The molecule has 0 radical (unpaired) electrons. The third-order valence-electron chi connectivity index (χ3n) is 4.68. The lowest BCUT2D eigenvalue weighted by atomic mass is 10.2. The number of ether oxygens (including phenoxy) is 2. The largest absolute Gasteiger partial charge is 0.479 e. The van der Waals surface area contributed by atoms with Crippen LogP contribution in [0.15, 0.2) is 47.5 Å². The molecule has 0 spiro atoms. The van der Waals surface area contributed by atoms with Crippen LogP contribution in [0.25, 0.3) is 0 Å². The summed E-state index contributed by atoms with van der Waals surface area (Å²) < 4.78 is 11.9. The van der Waals surface area contributed by atoms with Crippen molar-refractivity contribution in [3.05, 3.63) is 48.2 Å². The molecule has 0 bridgehead atoms. The second-order valence-electron chi connectivity index (χ2n) is 6.57. The first kappa shape index (κ1) is 17.2. The maximum Gasteiger partial charge on any atom is 0.262 e. The van der Waals surface area contributed by atoms with Gasteiger partial charge in [-0.15, -0.1) is 11.8 Å². The molecule has 2 aliphatic rings. The first-order chi connectivity index (χ1) is 12.8. The lowest BCUT2D eigenvalue weighted by Crippen LogP contribution is -2.41. The summed E-state index contributed by atoms with van der Waals surface area (Å²) in [4.78, 5) is 18.0. The van der Waals surface area contributed by atoms with Gasteiger partial charge in [-0.1, -0.05) is 18.2 Å². The number of carbonyl (C=O) groups is 1. The molecule has 0 unspecified atom stereocenters. The van der Waals surface area contributed by atoms with E-state index >= 15 is 0 Å². The molecule has 4 rings (SSSR count). The van der Waals surface area contributed by atoms with E-state index in [4.69, 9.17) is 9.47 Å². The topological polar surface area (TPSA) is 60.5 Å². The summed E-state index contributed by atoms with van der Waals surface area (Å²) in [6.07, 6.45) is 6.07. The van der Waals surface area contributed by atoms with Crippen molar-refractivity contribution in [2.45, 2.75) is 49.3 Å². The Kier molecular flexibility index (Phi) is 5.29. The van der Waals surface area contributed by atoms with Gasteiger partial charge in [0.25, 0.3) is 5.91 Å². The second-order valence-corrected chi connectivity index (χ2v) is 7.64. The number of carbonyl (C=O) groups excluding carboxylic acids is 1. The number of hydrogen-bond acceptors (Lipinski definition) is 5. The Morgan fingerprint density at radius 3 is 2.96 bits per heavy atom. The average Bonchev–Trinajstić information content (AvgIpc) is 3.20. The van der Waals surface area contributed by atoms with E-state index in [-0.39, 0.29) is 12.0 Å². The molecule has 136 valence electrons. The number of fused-ring (bicyclic) bond motifs is 1. The molecule has 1 saturated carbocycles. The van der Waals surface area contributed by atoms with Crippen LogP contribution in [-0.2, 0) is 11.3 Å². The van der Waals surface area contributed by atoms with E-state index in [9.17, 15) is 4.79 Å². The molecule has 6 heteroatoms. The molecule has 2 aromatic rings. The number of pyridine rings is 1. The standard InChI is InChI=1S/C20H22N2O3S/c23-19(17-13-26-18-10-4-3-9-16(18)25-17)22-12-14-6-5-11-21-20(14)24-15-7-1-2-8-15/h3-6,9-11,15,17H,1-2,7-8,12-13H2,(H,22,23)/t17-/m1/s1. The van der Waals surface area contributed by atoms with Crippen LogP contribution in [0.2, 0.25) is 0 Å². The van der Waals surface area contributed by atoms with Crippen LogP contribution in [-0.4, -0.2) is 28.9 Å². The number of amides is 1. The molecule has 1 aromatic carbocycles. The van der Waals surface area contributed by atoms with Gasteiger partial charge in [-0.3, -0.25) is 4.79 Å². The molecule has 1 amide bonds. The Bertz CT molecular complexity index is 777. The number of benzene rings is 1. The van der Waals surface area contributed by atoms with Crippen LogP contribution in [0.5, 0.6) is 11.6 Å². The molecular weight excluding hydrogens is 348 g/mol. The Hall–Kier alpha value is -2.21. The molecule has 1 aliphatic carbocycles. The summed E-state index contributed by atoms with van der Waals surface area (Å²) in [7, 11) is 0. The van der Waals surface area contributed by atoms with Gasteiger partial charge in [0.2, 0.25) is 5.88 Å². The maximum atomic E-state index is 12.5. The maximum absolute atomic E-state index is 12.5.